The molecule has 4 heteroatoms. The van der Waals surface area contributed by atoms with Crippen molar-refractivity contribution < 1.29 is 0 Å². The highest BCUT2D eigenvalue weighted by Gasteiger charge is 2.09. The van der Waals surface area contributed by atoms with Crippen molar-refractivity contribution in [1.82, 2.24) is 9.97 Å². The Bertz CT molecular complexity index is 421. The van der Waals surface area contributed by atoms with E-state index in [1.807, 2.05) is 0 Å². The van der Waals surface area contributed by atoms with Crippen LogP contribution in [0, 0.1) is 11.3 Å². The van der Waals surface area contributed by atoms with Crippen LogP contribution in [-0.4, -0.2) is 9.97 Å². The lowest BCUT2D eigenvalue weighted by Gasteiger charge is -2.08. The number of rotatable bonds is 5. The molecule has 0 aliphatic rings. The molecule has 0 saturated carbocycles. The summed E-state index contributed by atoms with van der Waals surface area (Å²) in [5, 5.41) is 9.48. The number of nitriles is 1. The van der Waals surface area contributed by atoms with E-state index in [-0.39, 0.29) is 5.28 Å². The smallest absolute Gasteiger partial charge is 0.222 e. The highest BCUT2D eigenvalue weighted by molar-refractivity contribution is 6.28. The first-order valence-electron chi connectivity index (χ1n) is 5.82. The molecule has 1 heterocycles. The minimum Gasteiger partial charge on any atom is -0.226 e. The Kier molecular flexibility index (Phi) is 5.65. The first kappa shape index (κ1) is 13.7. The molecule has 0 unspecified atom stereocenters. The topological polar surface area (TPSA) is 49.6 Å². The predicted octanol–water partition coefficient (Wildman–Crippen LogP) is 4.01. The van der Waals surface area contributed by atoms with Crippen molar-refractivity contribution >= 4 is 17.2 Å². The second-order valence-electron chi connectivity index (χ2n) is 3.83. The van der Waals surface area contributed by atoms with Gasteiger partial charge in [-0.15, -0.1) is 0 Å². The van der Waals surface area contributed by atoms with E-state index in [9.17, 15) is 5.26 Å². The van der Waals surface area contributed by atoms with Crippen LogP contribution >= 0.6 is 11.6 Å². The number of nitrogens with zero attached hydrogens (tertiary/aromatic N) is 3. The molecule has 3 nitrogen and oxygen atoms in total. The zero-order valence-electron chi connectivity index (χ0n) is 10.2. The summed E-state index contributed by atoms with van der Waals surface area (Å²) in [7, 11) is 0. The number of hydrogen-bond acceptors (Lipinski definition) is 3. The van der Waals surface area contributed by atoms with Gasteiger partial charge in [0.2, 0.25) is 5.28 Å². The lowest BCUT2D eigenvalue weighted by molar-refractivity contribution is 0.807. The normalized spacial score (nSPS) is 9.76. The van der Waals surface area contributed by atoms with Crippen LogP contribution in [0.4, 0.5) is 0 Å². The van der Waals surface area contributed by atoms with Crippen molar-refractivity contribution in [3.8, 4) is 6.07 Å². The standard InChI is InChI=1S/C13H16ClN3/c1-3-5-10(6-4-2)12(7-15)11-8-16-13(14)17-9-11/h8-9H,3-6H2,1-2H3. The average molecular weight is 250 g/mol. The summed E-state index contributed by atoms with van der Waals surface area (Å²) >= 11 is 5.64. The maximum atomic E-state index is 9.28. The fourth-order valence-corrected chi connectivity index (χ4v) is 1.87. The maximum absolute atomic E-state index is 9.28. The molecule has 0 bridgehead atoms. The van der Waals surface area contributed by atoms with Gasteiger partial charge in [-0.2, -0.15) is 5.26 Å². The van der Waals surface area contributed by atoms with E-state index >= 15 is 0 Å². The van der Waals surface area contributed by atoms with Gasteiger partial charge in [-0.1, -0.05) is 32.3 Å². The molecular weight excluding hydrogens is 234 g/mol. The molecule has 0 fully saturated rings. The first-order valence-corrected chi connectivity index (χ1v) is 6.20. The third-order valence-corrected chi connectivity index (χ3v) is 2.67. The Morgan fingerprint density at radius 3 is 2.18 bits per heavy atom. The summed E-state index contributed by atoms with van der Waals surface area (Å²) in [6.07, 6.45) is 7.18. The van der Waals surface area contributed by atoms with E-state index in [0.29, 0.717) is 5.57 Å². The van der Waals surface area contributed by atoms with Gasteiger partial charge in [-0.05, 0) is 24.4 Å². The van der Waals surface area contributed by atoms with Crippen LogP contribution in [0.15, 0.2) is 18.0 Å². The number of hydrogen-bond donors (Lipinski definition) is 0. The van der Waals surface area contributed by atoms with E-state index in [1.165, 1.54) is 5.57 Å². The molecule has 0 aliphatic heterocycles. The summed E-state index contributed by atoms with van der Waals surface area (Å²) in [4.78, 5) is 7.84. The fraction of sp³-hybridized carbons (Fsp3) is 0.462. The van der Waals surface area contributed by atoms with E-state index in [4.69, 9.17) is 11.6 Å². The number of allylic oxidation sites excluding steroid dienone is 2. The summed E-state index contributed by atoms with van der Waals surface area (Å²) < 4.78 is 0. The molecule has 90 valence electrons. The minimum absolute atomic E-state index is 0.207. The van der Waals surface area contributed by atoms with Crippen molar-refractivity contribution in [1.29, 1.82) is 5.26 Å². The van der Waals surface area contributed by atoms with Gasteiger partial charge in [-0.3, -0.25) is 0 Å². The van der Waals surface area contributed by atoms with Gasteiger partial charge in [0.1, 0.15) is 0 Å². The Hall–Kier alpha value is -1.40. The van der Waals surface area contributed by atoms with Crippen LogP contribution in [0.25, 0.3) is 5.57 Å². The van der Waals surface area contributed by atoms with Gasteiger partial charge in [0, 0.05) is 18.0 Å². The molecule has 0 aliphatic carbocycles. The van der Waals surface area contributed by atoms with Crippen molar-refractivity contribution in [2.24, 2.45) is 0 Å². The van der Waals surface area contributed by atoms with Gasteiger partial charge in [-0.25, -0.2) is 9.97 Å². The molecule has 1 aromatic heterocycles. The van der Waals surface area contributed by atoms with Crippen molar-refractivity contribution in [2.45, 2.75) is 39.5 Å². The van der Waals surface area contributed by atoms with Gasteiger partial charge in [0.15, 0.2) is 0 Å². The second kappa shape index (κ2) is 7.03. The summed E-state index contributed by atoms with van der Waals surface area (Å²) in [6, 6.07) is 2.26. The maximum Gasteiger partial charge on any atom is 0.222 e. The SMILES string of the molecule is CCCC(CCC)=C(C#N)c1cnc(Cl)nc1. The first-order chi connectivity index (χ1) is 8.22. The molecule has 0 N–H and O–H groups in total. The van der Waals surface area contributed by atoms with E-state index in [0.717, 1.165) is 31.2 Å². The summed E-state index contributed by atoms with van der Waals surface area (Å²) in [5.41, 5.74) is 2.64. The van der Waals surface area contributed by atoms with Gasteiger partial charge >= 0.3 is 0 Å². The second-order valence-corrected chi connectivity index (χ2v) is 4.17. The zero-order valence-corrected chi connectivity index (χ0v) is 11.0. The van der Waals surface area contributed by atoms with Gasteiger partial charge in [0.25, 0.3) is 0 Å². The highest BCUT2D eigenvalue weighted by Crippen LogP contribution is 2.24. The largest absolute Gasteiger partial charge is 0.226 e. The molecule has 1 aromatic rings. The van der Waals surface area contributed by atoms with Crippen LogP contribution in [-0.2, 0) is 0 Å². The molecule has 0 amide bonds. The van der Waals surface area contributed by atoms with Crippen LogP contribution < -0.4 is 0 Å². The van der Waals surface area contributed by atoms with Crippen molar-refractivity contribution in [2.75, 3.05) is 0 Å². The van der Waals surface area contributed by atoms with E-state index in [1.54, 1.807) is 12.4 Å². The Labute approximate surface area is 107 Å². The molecule has 17 heavy (non-hydrogen) atoms. The lowest BCUT2D eigenvalue weighted by atomic mass is 9.96. The molecule has 0 saturated heterocycles. The monoisotopic (exact) mass is 249 g/mol. The number of aromatic nitrogens is 2. The zero-order chi connectivity index (χ0) is 12.7. The van der Waals surface area contributed by atoms with Crippen molar-refractivity contribution in [3.05, 3.63) is 28.8 Å². The Morgan fingerprint density at radius 1 is 1.24 bits per heavy atom. The minimum atomic E-state index is 0.207. The molecule has 0 aromatic carbocycles. The van der Waals surface area contributed by atoms with Gasteiger partial charge in [0.05, 0.1) is 11.6 Å². The van der Waals surface area contributed by atoms with E-state index in [2.05, 4.69) is 29.9 Å². The van der Waals surface area contributed by atoms with Gasteiger partial charge < -0.3 is 0 Å². The highest BCUT2D eigenvalue weighted by atomic mass is 35.5. The van der Waals surface area contributed by atoms with E-state index < -0.39 is 0 Å². The Morgan fingerprint density at radius 2 is 1.76 bits per heavy atom. The van der Waals surface area contributed by atoms with Crippen LogP contribution in [0.3, 0.4) is 0 Å². The van der Waals surface area contributed by atoms with Crippen LogP contribution in [0.5, 0.6) is 0 Å². The predicted molar refractivity (Wildman–Crippen MR) is 69.4 cm³/mol. The molecule has 0 spiro atoms. The molecule has 0 atom stereocenters. The van der Waals surface area contributed by atoms with Crippen molar-refractivity contribution in [3.63, 3.8) is 0 Å². The fourth-order valence-electron chi connectivity index (χ4n) is 1.77. The number of halogens is 1. The summed E-state index contributed by atoms with van der Waals surface area (Å²) in [5.74, 6) is 0. The van der Waals surface area contributed by atoms with Crippen LogP contribution in [0.2, 0.25) is 5.28 Å². The lowest BCUT2D eigenvalue weighted by Crippen LogP contribution is -1.93. The summed E-state index contributed by atoms with van der Waals surface area (Å²) in [6.45, 7) is 4.23. The average Bonchev–Trinajstić information content (AvgIpc) is 2.33. The molecule has 0 radical (unpaired) electrons. The third kappa shape index (κ3) is 3.83. The Balaban J connectivity index is 3.14. The molecule has 1 rings (SSSR count). The quantitative estimate of drug-likeness (QED) is 0.585. The third-order valence-electron chi connectivity index (χ3n) is 2.48. The molecular formula is C13H16ClN3. The van der Waals surface area contributed by atoms with Crippen LogP contribution in [0.1, 0.15) is 45.1 Å².